The molecular weight excluding hydrogens is 675 g/mol. The average molecular weight is 716 g/mol. The molecule has 52 heavy (non-hydrogen) atoms. The predicted molar refractivity (Wildman–Crippen MR) is 207 cm³/mol. The first-order chi connectivity index (χ1) is 25.4. The largest absolute Gasteiger partial charge is 0.494 e. The Balaban J connectivity index is 1.31. The summed E-state index contributed by atoms with van der Waals surface area (Å²) in [5.41, 5.74) is 3.07. The van der Waals surface area contributed by atoms with Gasteiger partial charge in [0.25, 0.3) is 11.8 Å². The molecule has 0 bridgehead atoms. The van der Waals surface area contributed by atoms with Gasteiger partial charge in [-0.1, -0.05) is 67.9 Å². The highest BCUT2D eigenvalue weighted by molar-refractivity contribution is 8.00. The Morgan fingerprint density at radius 3 is 2.02 bits per heavy atom. The van der Waals surface area contributed by atoms with E-state index in [9.17, 15) is 14.4 Å². The molecule has 9 nitrogen and oxygen atoms in total. The maximum atomic E-state index is 13.6. The lowest BCUT2D eigenvalue weighted by atomic mass is 10.1. The van der Waals surface area contributed by atoms with Crippen LogP contribution in [0.2, 0.25) is 0 Å². The van der Waals surface area contributed by atoms with E-state index in [4.69, 9.17) is 14.2 Å². The van der Waals surface area contributed by atoms with Crippen LogP contribution in [-0.2, 0) is 9.59 Å². The molecule has 5 aromatic carbocycles. The van der Waals surface area contributed by atoms with Gasteiger partial charge in [0.05, 0.1) is 20.8 Å². The van der Waals surface area contributed by atoms with E-state index in [1.54, 1.807) is 60.7 Å². The lowest BCUT2D eigenvalue weighted by Crippen LogP contribution is -2.30. The number of carbonyl (C=O) groups excluding carboxylic acids is 3. The summed E-state index contributed by atoms with van der Waals surface area (Å²) in [5, 5.41) is 8.12. The van der Waals surface area contributed by atoms with E-state index in [0.717, 1.165) is 29.1 Å². The molecule has 0 aliphatic rings. The van der Waals surface area contributed by atoms with E-state index in [1.807, 2.05) is 72.8 Å². The first kappa shape index (κ1) is 37.3. The number of carbonyl (C=O) groups is 3. The van der Waals surface area contributed by atoms with Crippen molar-refractivity contribution in [2.24, 2.45) is 0 Å². The van der Waals surface area contributed by atoms with Gasteiger partial charge in [-0.15, -0.1) is 11.8 Å². The average Bonchev–Trinajstić information content (AvgIpc) is 3.18. The molecule has 0 saturated heterocycles. The molecule has 0 aromatic heterocycles. The summed E-state index contributed by atoms with van der Waals surface area (Å²) in [7, 11) is 3.06. The van der Waals surface area contributed by atoms with Crippen LogP contribution in [0.15, 0.2) is 138 Å². The monoisotopic (exact) mass is 715 g/mol. The quantitative estimate of drug-likeness (QED) is 0.0532. The van der Waals surface area contributed by atoms with Gasteiger partial charge < -0.3 is 30.2 Å². The molecule has 3 amide bonds. The highest BCUT2D eigenvalue weighted by Gasteiger charge is 2.23. The zero-order valence-corrected chi connectivity index (χ0v) is 30.1. The van der Waals surface area contributed by atoms with Crippen LogP contribution < -0.4 is 30.2 Å². The molecule has 5 aromatic rings. The highest BCUT2D eigenvalue weighted by Crippen LogP contribution is 2.37. The summed E-state index contributed by atoms with van der Waals surface area (Å²) in [5.74, 6) is 0.637. The molecule has 0 spiro atoms. The number of methoxy groups -OCH3 is 2. The number of unbranched alkanes of at least 4 members (excludes halogenated alkanes) is 1. The summed E-state index contributed by atoms with van der Waals surface area (Å²) in [6.45, 7) is 2.77. The van der Waals surface area contributed by atoms with Crippen LogP contribution in [0.3, 0.4) is 0 Å². The fourth-order valence-electron chi connectivity index (χ4n) is 5.08. The SMILES string of the molecule is CCCCOc1ccc(NC(=O)C(Sc2ccc(NC(=O)/C(=C/c3ccc(OC)c(OC)c3)NC(=O)c3ccccc3)cc2)c2ccccc2)cc1. The van der Waals surface area contributed by atoms with Crippen molar-refractivity contribution in [3.63, 3.8) is 0 Å². The van der Waals surface area contributed by atoms with E-state index in [-0.39, 0.29) is 11.6 Å². The van der Waals surface area contributed by atoms with Crippen LogP contribution in [0.5, 0.6) is 17.2 Å². The smallest absolute Gasteiger partial charge is 0.272 e. The van der Waals surface area contributed by atoms with Crippen LogP contribution in [0.4, 0.5) is 11.4 Å². The van der Waals surface area contributed by atoms with Gasteiger partial charge in [-0.25, -0.2) is 0 Å². The number of ether oxygens (including phenoxy) is 3. The van der Waals surface area contributed by atoms with Crippen molar-refractivity contribution >= 4 is 46.9 Å². The highest BCUT2D eigenvalue weighted by atomic mass is 32.2. The first-order valence-corrected chi connectivity index (χ1v) is 17.7. The number of rotatable bonds is 16. The Morgan fingerprint density at radius 2 is 1.37 bits per heavy atom. The van der Waals surface area contributed by atoms with Gasteiger partial charge in [0.1, 0.15) is 16.7 Å². The van der Waals surface area contributed by atoms with Gasteiger partial charge in [0.15, 0.2) is 11.5 Å². The van der Waals surface area contributed by atoms with E-state index in [1.165, 1.54) is 26.0 Å². The third-order valence-electron chi connectivity index (χ3n) is 7.84. The second-order valence-electron chi connectivity index (χ2n) is 11.6. The third kappa shape index (κ3) is 10.5. The summed E-state index contributed by atoms with van der Waals surface area (Å²) >= 11 is 1.39. The second-order valence-corrected chi connectivity index (χ2v) is 12.8. The van der Waals surface area contributed by atoms with Crippen LogP contribution in [-0.4, -0.2) is 38.5 Å². The number of amides is 3. The molecule has 0 radical (unpaired) electrons. The van der Waals surface area contributed by atoms with E-state index in [0.29, 0.717) is 40.6 Å². The molecule has 1 atom stereocenters. The zero-order valence-electron chi connectivity index (χ0n) is 29.3. The molecule has 10 heteroatoms. The lowest BCUT2D eigenvalue weighted by molar-refractivity contribution is -0.116. The van der Waals surface area contributed by atoms with Crippen LogP contribution >= 0.6 is 11.8 Å². The van der Waals surface area contributed by atoms with Crippen molar-refractivity contribution in [3.05, 3.63) is 150 Å². The van der Waals surface area contributed by atoms with Gasteiger partial charge in [-0.2, -0.15) is 0 Å². The summed E-state index contributed by atoms with van der Waals surface area (Å²) in [6.07, 6.45) is 3.60. The summed E-state index contributed by atoms with van der Waals surface area (Å²) < 4.78 is 16.5. The summed E-state index contributed by atoms with van der Waals surface area (Å²) in [4.78, 5) is 41.2. The Hall–Kier alpha value is -6.00. The Morgan fingerprint density at radius 1 is 0.731 bits per heavy atom. The van der Waals surface area contributed by atoms with Crippen molar-refractivity contribution in [2.75, 3.05) is 31.5 Å². The number of nitrogens with one attached hydrogen (secondary N) is 3. The zero-order chi connectivity index (χ0) is 36.7. The van der Waals surface area contributed by atoms with Crippen molar-refractivity contribution in [2.45, 2.75) is 29.9 Å². The maximum absolute atomic E-state index is 13.6. The van der Waals surface area contributed by atoms with Crippen molar-refractivity contribution < 1.29 is 28.6 Å². The molecule has 0 aliphatic carbocycles. The van der Waals surface area contributed by atoms with Crippen LogP contribution in [0.1, 0.15) is 46.5 Å². The molecule has 3 N–H and O–H groups in total. The van der Waals surface area contributed by atoms with Gasteiger partial charge in [-0.05, 0) is 96.4 Å². The summed E-state index contributed by atoms with van der Waals surface area (Å²) in [6, 6.07) is 38.0. The number of benzene rings is 5. The topological polar surface area (TPSA) is 115 Å². The number of anilines is 2. The normalized spacial score (nSPS) is 11.6. The van der Waals surface area contributed by atoms with E-state index < -0.39 is 17.1 Å². The minimum Gasteiger partial charge on any atom is -0.494 e. The molecule has 0 saturated carbocycles. The van der Waals surface area contributed by atoms with E-state index >= 15 is 0 Å². The van der Waals surface area contributed by atoms with Crippen LogP contribution in [0, 0.1) is 0 Å². The molecule has 0 heterocycles. The molecular formula is C42H41N3O6S. The second kappa shape index (κ2) is 18.8. The molecule has 266 valence electrons. The van der Waals surface area contributed by atoms with Gasteiger partial charge in [-0.3, -0.25) is 14.4 Å². The van der Waals surface area contributed by atoms with Crippen molar-refractivity contribution in [3.8, 4) is 17.2 Å². The Kier molecular flexibility index (Phi) is 13.5. The number of thioether (sulfide) groups is 1. The number of hydrogen-bond donors (Lipinski definition) is 3. The minimum absolute atomic E-state index is 0.0286. The predicted octanol–water partition coefficient (Wildman–Crippen LogP) is 8.76. The lowest BCUT2D eigenvalue weighted by Gasteiger charge is -2.18. The molecule has 5 rings (SSSR count). The van der Waals surface area contributed by atoms with Gasteiger partial charge in [0, 0.05) is 21.8 Å². The fourth-order valence-corrected chi connectivity index (χ4v) is 6.11. The third-order valence-corrected chi connectivity index (χ3v) is 9.11. The molecule has 0 fully saturated rings. The Labute approximate surface area is 308 Å². The van der Waals surface area contributed by atoms with E-state index in [2.05, 4.69) is 22.9 Å². The van der Waals surface area contributed by atoms with Crippen molar-refractivity contribution in [1.29, 1.82) is 0 Å². The van der Waals surface area contributed by atoms with Gasteiger partial charge >= 0.3 is 0 Å². The first-order valence-electron chi connectivity index (χ1n) is 16.8. The number of hydrogen-bond acceptors (Lipinski definition) is 7. The van der Waals surface area contributed by atoms with Crippen molar-refractivity contribution in [1.82, 2.24) is 5.32 Å². The maximum Gasteiger partial charge on any atom is 0.272 e. The van der Waals surface area contributed by atoms with Crippen LogP contribution in [0.25, 0.3) is 6.08 Å². The Bertz CT molecular complexity index is 1970. The van der Waals surface area contributed by atoms with Gasteiger partial charge in [0.2, 0.25) is 5.91 Å². The minimum atomic E-state index is -0.550. The molecule has 1 unspecified atom stereocenters. The fraction of sp³-hybridized carbons (Fsp3) is 0.167. The standard InChI is InChI=1S/C42H41N3O6S/c1-4-5-26-51-34-21-17-32(18-22-34)44-42(48)39(30-12-8-6-9-13-30)52-35-23-19-33(20-24-35)43-41(47)36(45-40(46)31-14-10-7-11-15-31)27-29-16-25-37(49-2)38(28-29)50-3/h6-25,27-28,39H,4-5,26H2,1-3H3,(H,43,47)(H,44,48)(H,45,46)/b36-27-. The molecule has 0 aliphatic heterocycles.